The van der Waals surface area contributed by atoms with Crippen LogP contribution in [0.25, 0.3) is 0 Å². The summed E-state index contributed by atoms with van der Waals surface area (Å²) in [6.45, 7) is 0. The lowest BCUT2D eigenvalue weighted by Gasteiger charge is -2.17. The molecule has 5 rings (SSSR count). The number of carbonyl (C=O) groups is 2. The molecule has 26 heavy (non-hydrogen) atoms. The maximum absolute atomic E-state index is 12.8. The second-order valence-corrected chi connectivity index (χ2v) is 8.65. The maximum Gasteiger partial charge on any atom is 0.238 e. The summed E-state index contributed by atoms with van der Waals surface area (Å²) in [5, 5.41) is 0.713. The van der Waals surface area contributed by atoms with E-state index in [0.717, 1.165) is 16.2 Å². The van der Waals surface area contributed by atoms with Crippen LogP contribution in [0.4, 0.5) is 5.69 Å². The van der Waals surface area contributed by atoms with Crippen molar-refractivity contribution in [3.8, 4) is 0 Å². The van der Waals surface area contributed by atoms with E-state index in [2.05, 4.69) is 12.2 Å². The van der Waals surface area contributed by atoms with Crippen LogP contribution in [-0.2, 0) is 9.59 Å². The van der Waals surface area contributed by atoms with Crippen LogP contribution in [0, 0.1) is 23.7 Å². The monoisotopic (exact) mass is 381 g/mol. The van der Waals surface area contributed by atoms with Crippen molar-refractivity contribution in [3.63, 3.8) is 0 Å². The fourth-order valence-electron chi connectivity index (χ4n) is 4.46. The molecule has 5 heteroatoms. The molecule has 2 bridgehead atoms. The molecule has 2 aromatic rings. The summed E-state index contributed by atoms with van der Waals surface area (Å²) in [5.41, 5.74) is 0.675. The van der Waals surface area contributed by atoms with E-state index in [-0.39, 0.29) is 35.5 Å². The van der Waals surface area contributed by atoms with Gasteiger partial charge in [-0.15, -0.1) is 0 Å². The summed E-state index contributed by atoms with van der Waals surface area (Å²) >= 11 is 7.54. The maximum atomic E-state index is 12.8. The first kappa shape index (κ1) is 16.2. The molecule has 2 amide bonds. The number of nitrogens with zero attached hydrogens (tertiary/aromatic N) is 1. The van der Waals surface area contributed by atoms with E-state index >= 15 is 0 Å². The standard InChI is InChI=1S/C21H16ClNO2S/c22-14-3-7-16(8-4-14)26-17-9-5-15(6-10-17)23-20(24)18-12-1-2-13(11-12)19(18)21(23)25/h1-10,12-13,18-19H,11H2/t12-,13+,18-,19+. The van der Waals surface area contributed by atoms with Gasteiger partial charge in [0.25, 0.3) is 0 Å². The number of benzene rings is 2. The number of anilines is 1. The third-order valence-corrected chi connectivity index (χ3v) is 6.88. The van der Waals surface area contributed by atoms with Crippen molar-refractivity contribution in [3.05, 3.63) is 65.7 Å². The summed E-state index contributed by atoms with van der Waals surface area (Å²) in [6.07, 6.45) is 5.19. The van der Waals surface area contributed by atoms with Crippen molar-refractivity contribution in [1.29, 1.82) is 0 Å². The Balaban J connectivity index is 1.37. The molecule has 4 atom stereocenters. The van der Waals surface area contributed by atoms with Gasteiger partial charge < -0.3 is 0 Å². The van der Waals surface area contributed by atoms with Gasteiger partial charge in [-0.05, 0) is 66.8 Å². The minimum Gasteiger partial charge on any atom is -0.274 e. The Morgan fingerprint density at radius 3 is 1.85 bits per heavy atom. The molecule has 0 spiro atoms. The lowest BCUT2D eigenvalue weighted by Crippen LogP contribution is -2.32. The summed E-state index contributed by atoms with van der Waals surface area (Å²) in [5.74, 6) is 0.114. The van der Waals surface area contributed by atoms with Gasteiger partial charge in [-0.1, -0.05) is 35.5 Å². The van der Waals surface area contributed by atoms with E-state index < -0.39 is 0 Å². The Labute approximate surface area is 161 Å². The largest absolute Gasteiger partial charge is 0.274 e. The van der Waals surface area contributed by atoms with Crippen LogP contribution < -0.4 is 4.90 Å². The number of allylic oxidation sites excluding steroid dienone is 2. The Morgan fingerprint density at radius 1 is 0.808 bits per heavy atom. The van der Waals surface area contributed by atoms with Gasteiger partial charge in [-0.3, -0.25) is 14.5 Å². The molecule has 2 aliphatic carbocycles. The summed E-state index contributed by atoms with van der Waals surface area (Å²) < 4.78 is 0. The van der Waals surface area contributed by atoms with Crippen molar-refractivity contribution >= 4 is 40.9 Å². The third kappa shape index (κ3) is 2.43. The van der Waals surface area contributed by atoms with Crippen LogP contribution >= 0.6 is 23.4 Å². The number of carbonyl (C=O) groups excluding carboxylic acids is 2. The molecule has 0 N–H and O–H groups in total. The van der Waals surface area contributed by atoms with Crippen molar-refractivity contribution in [1.82, 2.24) is 0 Å². The van der Waals surface area contributed by atoms with Gasteiger partial charge in [0.15, 0.2) is 0 Å². The number of rotatable bonds is 3. The fraction of sp³-hybridized carbons (Fsp3) is 0.238. The van der Waals surface area contributed by atoms with Crippen molar-refractivity contribution in [2.75, 3.05) is 4.90 Å². The highest BCUT2D eigenvalue weighted by atomic mass is 35.5. The molecule has 1 saturated carbocycles. The first-order valence-corrected chi connectivity index (χ1v) is 9.91. The van der Waals surface area contributed by atoms with Crippen LogP contribution in [0.2, 0.25) is 5.02 Å². The van der Waals surface area contributed by atoms with Crippen LogP contribution in [0.1, 0.15) is 6.42 Å². The molecule has 2 aromatic carbocycles. The molecule has 1 aliphatic heterocycles. The highest BCUT2D eigenvalue weighted by Gasteiger charge is 2.59. The molecule has 2 fully saturated rings. The molecular formula is C21H16ClNO2S. The lowest BCUT2D eigenvalue weighted by molar-refractivity contribution is -0.123. The number of fused-ring (bicyclic) bond motifs is 5. The summed E-state index contributed by atoms with van der Waals surface area (Å²) in [4.78, 5) is 29.2. The fourth-order valence-corrected chi connectivity index (χ4v) is 5.40. The summed E-state index contributed by atoms with van der Waals surface area (Å²) in [7, 11) is 0. The molecular weight excluding hydrogens is 366 g/mol. The second-order valence-electron chi connectivity index (χ2n) is 7.06. The van der Waals surface area contributed by atoms with Crippen molar-refractivity contribution in [2.45, 2.75) is 16.2 Å². The van der Waals surface area contributed by atoms with Crippen LogP contribution in [0.5, 0.6) is 0 Å². The minimum absolute atomic E-state index is 0.0324. The van der Waals surface area contributed by atoms with Gasteiger partial charge in [0, 0.05) is 14.8 Å². The normalized spacial score (nSPS) is 28.9. The van der Waals surface area contributed by atoms with Gasteiger partial charge in [0.05, 0.1) is 17.5 Å². The Hall–Kier alpha value is -2.04. The van der Waals surface area contributed by atoms with Crippen molar-refractivity contribution < 1.29 is 9.59 Å². The van der Waals surface area contributed by atoms with Gasteiger partial charge in [0.1, 0.15) is 0 Å². The number of amides is 2. The highest BCUT2D eigenvalue weighted by molar-refractivity contribution is 7.99. The molecule has 0 radical (unpaired) electrons. The average molecular weight is 382 g/mol. The van der Waals surface area contributed by atoms with E-state index in [1.807, 2.05) is 48.5 Å². The van der Waals surface area contributed by atoms with E-state index in [0.29, 0.717) is 10.7 Å². The zero-order chi connectivity index (χ0) is 17.8. The number of hydrogen-bond acceptors (Lipinski definition) is 3. The van der Waals surface area contributed by atoms with Gasteiger partial charge in [0.2, 0.25) is 11.8 Å². The van der Waals surface area contributed by atoms with Gasteiger partial charge in [-0.2, -0.15) is 0 Å². The smallest absolute Gasteiger partial charge is 0.238 e. The van der Waals surface area contributed by atoms with Crippen LogP contribution in [0.3, 0.4) is 0 Å². The SMILES string of the molecule is O=C1[C@@H]2[C@H](C(=O)N1c1ccc(Sc3ccc(Cl)cc3)cc1)[C@@H]1C=C[C@H]2C1. The quantitative estimate of drug-likeness (QED) is 0.566. The van der Waals surface area contributed by atoms with Gasteiger partial charge in [-0.25, -0.2) is 0 Å². The van der Waals surface area contributed by atoms with E-state index in [9.17, 15) is 9.59 Å². The molecule has 1 saturated heterocycles. The zero-order valence-electron chi connectivity index (χ0n) is 13.8. The molecule has 1 heterocycles. The summed E-state index contributed by atoms with van der Waals surface area (Å²) in [6, 6.07) is 15.3. The minimum atomic E-state index is -0.152. The highest BCUT2D eigenvalue weighted by Crippen LogP contribution is 2.53. The molecule has 3 aliphatic rings. The number of hydrogen-bond donors (Lipinski definition) is 0. The lowest BCUT2D eigenvalue weighted by atomic mass is 9.85. The number of imide groups is 1. The Kier molecular flexibility index (Phi) is 3.73. The molecule has 0 unspecified atom stereocenters. The van der Waals surface area contributed by atoms with Crippen LogP contribution in [0.15, 0.2) is 70.5 Å². The average Bonchev–Trinajstić information content (AvgIpc) is 3.32. The predicted octanol–water partition coefficient (Wildman–Crippen LogP) is 4.80. The third-order valence-electron chi connectivity index (χ3n) is 5.61. The van der Waals surface area contributed by atoms with E-state index in [1.165, 1.54) is 4.90 Å². The first-order chi connectivity index (χ1) is 12.6. The van der Waals surface area contributed by atoms with Crippen molar-refractivity contribution in [2.24, 2.45) is 23.7 Å². The van der Waals surface area contributed by atoms with E-state index in [4.69, 9.17) is 11.6 Å². The van der Waals surface area contributed by atoms with Crippen LogP contribution in [-0.4, -0.2) is 11.8 Å². The Bertz CT molecular complexity index is 892. The zero-order valence-corrected chi connectivity index (χ0v) is 15.4. The molecule has 3 nitrogen and oxygen atoms in total. The second kappa shape index (κ2) is 6.00. The van der Waals surface area contributed by atoms with Gasteiger partial charge >= 0.3 is 0 Å². The Morgan fingerprint density at radius 2 is 1.31 bits per heavy atom. The number of halogens is 1. The molecule has 0 aromatic heterocycles. The first-order valence-electron chi connectivity index (χ1n) is 8.71. The topological polar surface area (TPSA) is 37.4 Å². The van der Waals surface area contributed by atoms with E-state index in [1.54, 1.807) is 11.8 Å². The predicted molar refractivity (Wildman–Crippen MR) is 102 cm³/mol. The molecule has 130 valence electrons.